The smallest absolute Gasteiger partial charge is 0.309 e. The van der Waals surface area contributed by atoms with E-state index in [-0.39, 0.29) is 6.04 Å². The highest BCUT2D eigenvalue weighted by atomic mass is 35.5. The lowest BCUT2D eigenvalue weighted by molar-refractivity contribution is -0.158. The van der Waals surface area contributed by atoms with E-state index in [4.69, 9.17) is 23.2 Å². The summed E-state index contributed by atoms with van der Waals surface area (Å²) < 4.78 is 1.92. The Labute approximate surface area is 197 Å². The standard InChI is InChI=1S/C24H26Cl2N4O2/c1-13-6-18(29-11-16(12-29)15-9-24(3,10-15)23(31)32)8-21-22(13)27-28-30(21)14(2)19-5-4-17(25)7-20(19)26/h4-8,14-16H,9-12H2,1-3H3,(H,31,32)/t14-,15?,24?/m1/s1. The van der Waals surface area contributed by atoms with Crippen molar-refractivity contribution >= 4 is 45.9 Å². The Morgan fingerprint density at radius 3 is 2.56 bits per heavy atom. The monoisotopic (exact) mass is 472 g/mol. The Kier molecular flexibility index (Phi) is 5.13. The van der Waals surface area contributed by atoms with Gasteiger partial charge in [-0.3, -0.25) is 4.79 Å². The predicted octanol–water partition coefficient (Wildman–Crippen LogP) is 5.59. The van der Waals surface area contributed by atoms with Crippen LogP contribution in [0, 0.1) is 24.2 Å². The number of nitrogens with zero attached hydrogens (tertiary/aromatic N) is 4. The van der Waals surface area contributed by atoms with Crippen LogP contribution in [0.3, 0.4) is 0 Å². The number of halogens is 2. The number of hydrogen-bond donors (Lipinski definition) is 1. The molecule has 1 saturated heterocycles. The van der Waals surface area contributed by atoms with Crippen LogP contribution in [-0.4, -0.2) is 39.2 Å². The lowest BCUT2D eigenvalue weighted by Gasteiger charge is -2.52. The molecule has 1 aliphatic carbocycles. The summed E-state index contributed by atoms with van der Waals surface area (Å²) in [5.74, 6) is 0.409. The van der Waals surface area contributed by atoms with E-state index >= 15 is 0 Å². The fourth-order valence-electron chi connectivity index (χ4n) is 5.26. The van der Waals surface area contributed by atoms with Gasteiger partial charge in [0.15, 0.2) is 0 Å². The lowest BCUT2D eigenvalue weighted by atomic mass is 9.58. The molecule has 2 aliphatic rings. The van der Waals surface area contributed by atoms with E-state index < -0.39 is 11.4 Å². The maximum absolute atomic E-state index is 11.4. The zero-order valence-electron chi connectivity index (χ0n) is 18.3. The van der Waals surface area contributed by atoms with Crippen LogP contribution in [0.4, 0.5) is 5.69 Å². The molecule has 3 aromatic rings. The molecule has 0 unspecified atom stereocenters. The number of carboxylic acid groups (broad SMARTS) is 1. The summed E-state index contributed by atoms with van der Waals surface area (Å²) >= 11 is 12.5. The highest BCUT2D eigenvalue weighted by Gasteiger charge is 2.51. The van der Waals surface area contributed by atoms with E-state index in [0.29, 0.717) is 21.9 Å². The van der Waals surface area contributed by atoms with Crippen molar-refractivity contribution in [3.8, 4) is 0 Å². The van der Waals surface area contributed by atoms with E-state index in [1.807, 2.05) is 23.7 Å². The Morgan fingerprint density at radius 2 is 1.91 bits per heavy atom. The third-order valence-electron chi connectivity index (χ3n) is 7.42. The molecule has 8 heteroatoms. The molecule has 0 spiro atoms. The molecule has 1 atom stereocenters. The SMILES string of the molecule is Cc1cc(N2CC(C3CC(C)(C(=O)O)C3)C2)cc2c1nnn2[C@H](C)c1ccc(Cl)cc1Cl. The largest absolute Gasteiger partial charge is 0.481 e. The van der Waals surface area contributed by atoms with Crippen molar-refractivity contribution in [2.75, 3.05) is 18.0 Å². The maximum atomic E-state index is 11.4. The normalized spacial score (nSPS) is 24.3. The molecule has 0 radical (unpaired) electrons. The van der Waals surface area contributed by atoms with E-state index in [9.17, 15) is 9.90 Å². The topological polar surface area (TPSA) is 71.2 Å². The van der Waals surface area contributed by atoms with Gasteiger partial charge in [-0.15, -0.1) is 5.10 Å². The van der Waals surface area contributed by atoms with Gasteiger partial charge < -0.3 is 10.0 Å². The second-order valence-corrected chi connectivity index (χ2v) is 10.5. The first-order chi connectivity index (χ1) is 15.2. The summed E-state index contributed by atoms with van der Waals surface area (Å²) in [4.78, 5) is 13.8. The zero-order chi connectivity index (χ0) is 22.8. The Balaban J connectivity index is 1.37. The van der Waals surface area contributed by atoms with Crippen molar-refractivity contribution in [1.29, 1.82) is 0 Å². The van der Waals surface area contributed by atoms with Crippen LogP contribution in [0.5, 0.6) is 0 Å². The third-order valence-corrected chi connectivity index (χ3v) is 7.98. The van der Waals surface area contributed by atoms with Gasteiger partial charge in [-0.2, -0.15) is 0 Å². The number of rotatable bonds is 5. The van der Waals surface area contributed by atoms with Gasteiger partial charge in [0, 0.05) is 28.8 Å². The van der Waals surface area contributed by atoms with E-state index in [2.05, 4.69) is 41.2 Å². The van der Waals surface area contributed by atoms with Crippen LogP contribution in [0.25, 0.3) is 11.0 Å². The molecule has 32 heavy (non-hydrogen) atoms. The molecule has 1 aromatic heterocycles. The van der Waals surface area contributed by atoms with Crippen LogP contribution >= 0.6 is 23.2 Å². The number of benzene rings is 2. The average molecular weight is 473 g/mol. The molecule has 0 amide bonds. The second-order valence-electron chi connectivity index (χ2n) is 9.71. The van der Waals surface area contributed by atoms with Crippen LogP contribution in [0.15, 0.2) is 30.3 Å². The molecule has 168 valence electrons. The second kappa shape index (κ2) is 7.63. The first-order valence-corrected chi connectivity index (χ1v) is 11.7. The third kappa shape index (κ3) is 3.44. The number of fused-ring (bicyclic) bond motifs is 1. The minimum absolute atomic E-state index is 0.0905. The minimum Gasteiger partial charge on any atom is -0.481 e. The fourth-order valence-corrected chi connectivity index (χ4v) is 5.82. The molecule has 0 bridgehead atoms. The lowest BCUT2D eigenvalue weighted by Crippen LogP contribution is -2.56. The van der Waals surface area contributed by atoms with Crippen molar-refractivity contribution in [3.05, 3.63) is 51.5 Å². The summed E-state index contributed by atoms with van der Waals surface area (Å²) in [5.41, 5.74) is 4.52. The molecule has 1 saturated carbocycles. The maximum Gasteiger partial charge on any atom is 0.309 e. The van der Waals surface area contributed by atoms with Gasteiger partial charge in [0.05, 0.1) is 17.0 Å². The van der Waals surface area contributed by atoms with Gasteiger partial charge in [0.2, 0.25) is 0 Å². The number of carboxylic acids is 1. The van der Waals surface area contributed by atoms with Crippen LogP contribution in [0.1, 0.15) is 43.9 Å². The van der Waals surface area contributed by atoms with E-state index in [0.717, 1.165) is 53.8 Å². The number of hydrogen-bond acceptors (Lipinski definition) is 4. The number of aliphatic carboxylic acids is 1. The van der Waals surface area contributed by atoms with Crippen LogP contribution < -0.4 is 4.90 Å². The molecule has 1 N–H and O–H groups in total. The number of aryl methyl sites for hydroxylation is 1. The zero-order valence-corrected chi connectivity index (χ0v) is 19.9. The number of carbonyl (C=O) groups is 1. The summed E-state index contributed by atoms with van der Waals surface area (Å²) in [6, 6.07) is 9.75. The fraction of sp³-hybridized carbons (Fsp3) is 0.458. The summed E-state index contributed by atoms with van der Waals surface area (Å²) in [5, 5.41) is 19.4. The molecular weight excluding hydrogens is 447 g/mol. The Bertz CT molecular complexity index is 1210. The number of anilines is 1. The highest BCUT2D eigenvalue weighted by Crippen LogP contribution is 2.51. The van der Waals surface area contributed by atoms with Crippen molar-refractivity contribution in [2.24, 2.45) is 17.3 Å². The quantitative estimate of drug-likeness (QED) is 0.523. The van der Waals surface area contributed by atoms with Crippen molar-refractivity contribution in [2.45, 2.75) is 39.7 Å². The molecule has 5 rings (SSSR count). The number of aromatic nitrogens is 3. The van der Waals surface area contributed by atoms with Crippen molar-refractivity contribution in [3.63, 3.8) is 0 Å². The van der Waals surface area contributed by atoms with Gasteiger partial charge in [-0.1, -0.05) is 34.5 Å². The van der Waals surface area contributed by atoms with Crippen LogP contribution in [0.2, 0.25) is 10.0 Å². The highest BCUT2D eigenvalue weighted by molar-refractivity contribution is 6.35. The van der Waals surface area contributed by atoms with Gasteiger partial charge in [-0.05, 0) is 80.8 Å². The molecular formula is C24H26Cl2N4O2. The molecule has 2 heterocycles. The Morgan fingerprint density at radius 1 is 1.19 bits per heavy atom. The van der Waals surface area contributed by atoms with Gasteiger partial charge in [0.25, 0.3) is 0 Å². The predicted molar refractivity (Wildman–Crippen MR) is 127 cm³/mol. The van der Waals surface area contributed by atoms with E-state index in [1.165, 1.54) is 0 Å². The minimum atomic E-state index is -0.665. The van der Waals surface area contributed by atoms with Crippen molar-refractivity contribution < 1.29 is 9.90 Å². The first-order valence-electron chi connectivity index (χ1n) is 10.9. The van der Waals surface area contributed by atoms with Gasteiger partial charge in [-0.25, -0.2) is 4.68 Å². The molecule has 1 aliphatic heterocycles. The first kappa shape index (κ1) is 21.5. The summed E-state index contributed by atoms with van der Waals surface area (Å²) in [6.45, 7) is 7.91. The summed E-state index contributed by atoms with van der Waals surface area (Å²) in [6.07, 6.45) is 1.57. The molecule has 2 fully saturated rings. The summed E-state index contributed by atoms with van der Waals surface area (Å²) in [7, 11) is 0. The van der Waals surface area contributed by atoms with Gasteiger partial charge in [0.1, 0.15) is 5.52 Å². The van der Waals surface area contributed by atoms with Crippen LogP contribution in [-0.2, 0) is 4.79 Å². The molecule has 6 nitrogen and oxygen atoms in total. The Hall–Kier alpha value is -2.31. The van der Waals surface area contributed by atoms with Gasteiger partial charge >= 0.3 is 5.97 Å². The molecule has 2 aromatic carbocycles. The average Bonchev–Trinajstić information content (AvgIpc) is 3.09. The van der Waals surface area contributed by atoms with Crippen molar-refractivity contribution in [1.82, 2.24) is 15.0 Å². The van der Waals surface area contributed by atoms with E-state index in [1.54, 1.807) is 6.07 Å².